The van der Waals surface area contributed by atoms with E-state index in [1.807, 2.05) is 24.3 Å². The molecule has 3 aromatic rings. The van der Waals surface area contributed by atoms with Gasteiger partial charge in [-0.2, -0.15) is 10.1 Å². The lowest BCUT2D eigenvalue weighted by atomic mass is 9.92. The van der Waals surface area contributed by atoms with Crippen molar-refractivity contribution in [1.82, 2.24) is 20.2 Å². The third-order valence-corrected chi connectivity index (χ3v) is 4.75. The van der Waals surface area contributed by atoms with E-state index in [0.717, 1.165) is 36.8 Å². The van der Waals surface area contributed by atoms with Crippen LogP contribution in [0, 0.1) is 0 Å². The predicted molar refractivity (Wildman–Crippen MR) is 93.5 cm³/mol. The molecule has 0 radical (unpaired) electrons. The highest BCUT2D eigenvalue weighted by Gasteiger charge is 2.28. The zero-order chi connectivity index (χ0) is 16.5. The summed E-state index contributed by atoms with van der Waals surface area (Å²) < 4.78 is 0. The lowest BCUT2D eigenvalue weighted by molar-refractivity contribution is 0.123. The molecule has 0 atom stereocenters. The van der Waals surface area contributed by atoms with Crippen molar-refractivity contribution in [1.29, 1.82) is 0 Å². The molecule has 2 N–H and O–H groups in total. The number of fused-ring (bicyclic) bond motifs is 1. The fourth-order valence-corrected chi connectivity index (χ4v) is 3.46. The number of aromatic nitrogens is 4. The third-order valence-electron chi connectivity index (χ3n) is 4.51. The largest absolute Gasteiger partial charge is 0.393 e. The molecule has 4 rings (SSSR count). The molecule has 0 aliphatic heterocycles. The summed E-state index contributed by atoms with van der Waals surface area (Å²) in [5.74, 6) is 0.621. The van der Waals surface area contributed by atoms with E-state index in [-0.39, 0.29) is 12.1 Å². The Morgan fingerprint density at radius 1 is 1.17 bits per heavy atom. The summed E-state index contributed by atoms with van der Waals surface area (Å²) in [5, 5.41) is 18.3. The third kappa shape index (κ3) is 2.95. The van der Waals surface area contributed by atoms with Gasteiger partial charge in [0.2, 0.25) is 5.95 Å². The van der Waals surface area contributed by atoms with Crippen LogP contribution in [0.2, 0.25) is 5.02 Å². The van der Waals surface area contributed by atoms with E-state index in [4.69, 9.17) is 11.6 Å². The monoisotopic (exact) mass is 343 g/mol. The van der Waals surface area contributed by atoms with Crippen molar-refractivity contribution in [2.45, 2.75) is 37.8 Å². The van der Waals surface area contributed by atoms with Gasteiger partial charge in [-0.1, -0.05) is 17.7 Å². The highest BCUT2D eigenvalue weighted by atomic mass is 35.5. The predicted octanol–water partition coefficient (Wildman–Crippen LogP) is 3.45. The summed E-state index contributed by atoms with van der Waals surface area (Å²) in [7, 11) is 0. The molecule has 0 bridgehead atoms. The topological polar surface area (TPSA) is 77.9 Å². The Kier molecular flexibility index (Phi) is 4.08. The first-order valence-corrected chi connectivity index (χ1v) is 8.47. The average Bonchev–Trinajstić information content (AvgIpc) is 3.05. The highest BCUT2D eigenvalue weighted by molar-refractivity contribution is 6.30. The number of hydrogen-bond donors (Lipinski definition) is 2. The molecule has 2 heterocycles. The number of aromatic amines is 1. The van der Waals surface area contributed by atoms with Crippen molar-refractivity contribution in [3.8, 4) is 0 Å². The number of aliphatic hydroxyl groups is 1. The molecule has 6 nitrogen and oxygen atoms in total. The van der Waals surface area contributed by atoms with Gasteiger partial charge in [-0.3, -0.25) is 5.10 Å². The van der Waals surface area contributed by atoms with Gasteiger partial charge in [-0.25, -0.2) is 4.98 Å². The zero-order valence-corrected chi connectivity index (χ0v) is 13.8. The number of hydrogen-bond acceptors (Lipinski definition) is 5. The fourth-order valence-electron chi connectivity index (χ4n) is 3.28. The van der Waals surface area contributed by atoms with Gasteiger partial charge in [-0.15, -0.1) is 0 Å². The van der Waals surface area contributed by atoms with Crippen LogP contribution >= 0.6 is 11.6 Å². The lowest BCUT2D eigenvalue weighted by Crippen LogP contribution is -2.37. The van der Waals surface area contributed by atoms with Crippen molar-refractivity contribution in [3.05, 3.63) is 41.7 Å². The number of rotatable bonds is 3. The highest BCUT2D eigenvalue weighted by Crippen LogP contribution is 2.33. The molecule has 1 aliphatic rings. The number of anilines is 2. The van der Waals surface area contributed by atoms with Crippen LogP contribution in [0.3, 0.4) is 0 Å². The molecular weight excluding hydrogens is 326 g/mol. The Hall–Kier alpha value is -2.18. The van der Waals surface area contributed by atoms with Gasteiger partial charge >= 0.3 is 0 Å². The van der Waals surface area contributed by atoms with Crippen molar-refractivity contribution in [2.24, 2.45) is 0 Å². The van der Waals surface area contributed by atoms with Crippen LogP contribution in [0.1, 0.15) is 25.7 Å². The second-order valence-corrected chi connectivity index (χ2v) is 6.59. The summed E-state index contributed by atoms with van der Waals surface area (Å²) in [6.45, 7) is 0. The maximum absolute atomic E-state index is 9.82. The minimum atomic E-state index is -0.210. The number of halogens is 1. The van der Waals surface area contributed by atoms with Crippen molar-refractivity contribution in [3.63, 3.8) is 0 Å². The Balaban J connectivity index is 1.76. The van der Waals surface area contributed by atoms with Crippen LogP contribution < -0.4 is 4.90 Å². The van der Waals surface area contributed by atoms with Gasteiger partial charge in [0.15, 0.2) is 5.65 Å². The lowest BCUT2D eigenvalue weighted by Gasteiger charge is -2.35. The number of nitrogens with one attached hydrogen (secondary N) is 1. The van der Waals surface area contributed by atoms with E-state index in [2.05, 4.69) is 25.1 Å². The van der Waals surface area contributed by atoms with Gasteiger partial charge in [0.05, 0.1) is 17.7 Å². The Labute approximate surface area is 144 Å². The van der Waals surface area contributed by atoms with Gasteiger partial charge in [0.25, 0.3) is 0 Å². The van der Waals surface area contributed by atoms with Crippen LogP contribution in [0.4, 0.5) is 11.6 Å². The van der Waals surface area contributed by atoms with Crippen LogP contribution in [-0.4, -0.2) is 37.4 Å². The molecule has 0 amide bonds. The Bertz CT molecular complexity index is 844. The normalized spacial score (nSPS) is 21.1. The van der Waals surface area contributed by atoms with Gasteiger partial charge in [0.1, 0.15) is 0 Å². The zero-order valence-electron chi connectivity index (χ0n) is 13.1. The first-order valence-electron chi connectivity index (χ1n) is 8.10. The second-order valence-electron chi connectivity index (χ2n) is 6.16. The number of benzene rings is 1. The number of nitrogens with zero attached hydrogens (tertiary/aromatic N) is 4. The molecule has 7 heteroatoms. The molecule has 0 spiro atoms. The van der Waals surface area contributed by atoms with Crippen molar-refractivity contribution >= 4 is 34.3 Å². The average molecular weight is 344 g/mol. The van der Waals surface area contributed by atoms with E-state index in [1.165, 1.54) is 0 Å². The molecule has 0 saturated heterocycles. The fraction of sp³-hybridized carbons (Fsp3) is 0.353. The maximum Gasteiger partial charge on any atom is 0.232 e. The summed E-state index contributed by atoms with van der Waals surface area (Å²) in [6.07, 6.45) is 6.62. The molecule has 1 saturated carbocycles. The molecule has 124 valence electrons. The summed E-state index contributed by atoms with van der Waals surface area (Å²) in [6, 6.07) is 7.95. The molecule has 2 aromatic heterocycles. The minimum absolute atomic E-state index is 0.210. The molecule has 24 heavy (non-hydrogen) atoms. The van der Waals surface area contributed by atoms with Crippen LogP contribution in [0.5, 0.6) is 0 Å². The number of H-pyrrole nitrogens is 1. The summed E-state index contributed by atoms with van der Waals surface area (Å²) in [5.41, 5.74) is 1.67. The van der Waals surface area contributed by atoms with Crippen LogP contribution in [0.25, 0.3) is 11.0 Å². The molecule has 0 unspecified atom stereocenters. The van der Waals surface area contributed by atoms with E-state index < -0.39 is 0 Å². The second kappa shape index (κ2) is 6.37. The van der Waals surface area contributed by atoms with E-state index >= 15 is 0 Å². The SMILES string of the molecule is OC1CCC(N(c2cccc(Cl)c2)c2ncc3cn[nH]c3n2)CC1. The molecule has 1 aliphatic carbocycles. The van der Waals surface area contributed by atoms with Crippen molar-refractivity contribution < 1.29 is 5.11 Å². The van der Waals surface area contributed by atoms with E-state index in [9.17, 15) is 5.11 Å². The van der Waals surface area contributed by atoms with Gasteiger partial charge < -0.3 is 10.0 Å². The van der Waals surface area contributed by atoms with Gasteiger partial charge in [0, 0.05) is 22.9 Å². The first kappa shape index (κ1) is 15.4. The standard InChI is InChI=1S/C17H18ClN5O/c18-12-2-1-3-14(8-12)23(13-4-6-15(24)7-5-13)17-19-9-11-10-20-22-16(11)21-17/h1-3,8-10,13,15,24H,4-7H2,(H,19,20,21,22). The van der Waals surface area contributed by atoms with E-state index in [1.54, 1.807) is 12.4 Å². The minimum Gasteiger partial charge on any atom is -0.393 e. The maximum atomic E-state index is 9.82. The van der Waals surface area contributed by atoms with Crippen LogP contribution in [0.15, 0.2) is 36.7 Å². The van der Waals surface area contributed by atoms with Crippen molar-refractivity contribution in [2.75, 3.05) is 4.90 Å². The smallest absolute Gasteiger partial charge is 0.232 e. The van der Waals surface area contributed by atoms with Gasteiger partial charge in [-0.05, 0) is 43.9 Å². The van der Waals surface area contributed by atoms with Crippen LogP contribution in [-0.2, 0) is 0 Å². The first-order chi connectivity index (χ1) is 11.7. The summed E-state index contributed by atoms with van der Waals surface area (Å²) in [4.78, 5) is 11.3. The Morgan fingerprint density at radius 2 is 2.00 bits per heavy atom. The molecule has 1 fully saturated rings. The Morgan fingerprint density at radius 3 is 2.79 bits per heavy atom. The number of aliphatic hydroxyl groups excluding tert-OH is 1. The van der Waals surface area contributed by atoms with E-state index in [0.29, 0.717) is 16.6 Å². The summed E-state index contributed by atoms with van der Waals surface area (Å²) >= 11 is 6.19. The quantitative estimate of drug-likeness (QED) is 0.761. The molecular formula is C17H18ClN5O. The molecule has 1 aromatic carbocycles.